The van der Waals surface area contributed by atoms with Crippen molar-refractivity contribution in [2.45, 2.75) is 0 Å². The summed E-state index contributed by atoms with van der Waals surface area (Å²) in [5, 5.41) is 10.8. The van der Waals surface area contributed by atoms with E-state index in [2.05, 4.69) is 38.1 Å². The van der Waals surface area contributed by atoms with Crippen LogP contribution < -0.4 is 5.32 Å². The maximum absolute atomic E-state index is 12.1. The number of carbonyl (C=O) groups is 1. The summed E-state index contributed by atoms with van der Waals surface area (Å²) in [4.78, 5) is 12.1. The monoisotopic (exact) mass is 425 g/mol. The van der Waals surface area contributed by atoms with Crippen LogP contribution in [0.1, 0.15) is 10.4 Å². The van der Waals surface area contributed by atoms with Crippen LogP contribution in [0.4, 0.5) is 6.01 Å². The number of benzene rings is 2. The fourth-order valence-corrected chi connectivity index (χ4v) is 2.36. The third kappa shape index (κ3) is 3.28. The summed E-state index contributed by atoms with van der Waals surface area (Å²) < 4.78 is 6.48. The largest absolute Gasteiger partial charge is 0.403 e. The summed E-state index contributed by atoms with van der Waals surface area (Å²) in [6.45, 7) is 0. The molecule has 0 radical (unpaired) electrons. The lowest BCUT2D eigenvalue weighted by Gasteiger charge is -2.00. The fourth-order valence-electron chi connectivity index (χ4n) is 1.79. The molecule has 0 aliphatic carbocycles. The molecule has 0 bridgehead atoms. The van der Waals surface area contributed by atoms with Gasteiger partial charge in [-0.1, -0.05) is 28.8 Å². The first-order valence-electron chi connectivity index (χ1n) is 6.29. The van der Waals surface area contributed by atoms with Crippen molar-refractivity contribution in [2.75, 3.05) is 5.32 Å². The topological polar surface area (TPSA) is 68.0 Å². The first-order chi connectivity index (χ1) is 10.6. The molecule has 5 nitrogen and oxygen atoms in total. The third-order valence-electron chi connectivity index (χ3n) is 2.86. The van der Waals surface area contributed by atoms with Gasteiger partial charge in [-0.3, -0.25) is 10.1 Å². The van der Waals surface area contributed by atoms with Gasteiger partial charge in [0.1, 0.15) is 0 Å². The standard InChI is InChI=1S/C15H9ClIN3O2/c16-12-4-2-1-3-11(12)14-19-20-15(22-14)18-13(21)9-5-7-10(17)8-6-9/h1-8H,(H,18,20,21). The number of nitrogens with one attached hydrogen (secondary N) is 1. The van der Waals surface area contributed by atoms with Crippen molar-refractivity contribution in [2.24, 2.45) is 0 Å². The minimum atomic E-state index is -0.314. The van der Waals surface area contributed by atoms with E-state index in [1.54, 1.807) is 24.3 Å². The van der Waals surface area contributed by atoms with E-state index in [1.165, 1.54) is 0 Å². The van der Waals surface area contributed by atoms with Gasteiger partial charge in [0, 0.05) is 9.13 Å². The van der Waals surface area contributed by atoms with E-state index in [0.29, 0.717) is 16.1 Å². The highest BCUT2D eigenvalue weighted by molar-refractivity contribution is 14.1. The molecule has 22 heavy (non-hydrogen) atoms. The Morgan fingerprint density at radius 1 is 1.09 bits per heavy atom. The molecule has 1 N–H and O–H groups in total. The first kappa shape index (κ1) is 15.0. The summed E-state index contributed by atoms with van der Waals surface area (Å²) in [5.41, 5.74) is 1.13. The lowest BCUT2D eigenvalue weighted by molar-refractivity contribution is 0.102. The normalized spacial score (nSPS) is 10.5. The number of hydrogen-bond donors (Lipinski definition) is 1. The SMILES string of the molecule is O=C(Nc1nnc(-c2ccccc2Cl)o1)c1ccc(I)cc1. The van der Waals surface area contributed by atoms with Crippen LogP contribution in [0.15, 0.2) is 52.9 Å². The van der Waals surface area contributed by atoms with E-state index >= 15 is 0 Å². The Hall–Kier alpha value is -1.93. The molecular weight excluding hydrogens is 417 g/mol. The zero-order chi connectivity index (χ0) is 15.5. The molecule has 0 saturated carbocycles. The van der Waals surface area contributed by atoms with Gasteiger partial charge >= 0.3 is 6.01 Å². The molecule has 0 atom stereocenters. The zero-order valence-corrected chi connectivity index (χ0v) is 14.0. The quantitative estimate of drug-likeness (QED) is 0.637. The highest BCUT2D eigenvalue weighted by atomic mass is 127. The fraction of sp³-hybridized carbons (Fsp3) is 0. The summed E-state index contributed by atoms with van der Waals surface area (Å²) in [5.74, 6) is -0.0609. The van der Waals surface area contributed by atoms with E-state index in [1.807, 2.05) is 24.3 Å². The first-order valence-corrected chi connectivity index (χ1v) is 7.74. The smallest absolute Gasteiger partial charge is 0.322 e. The molecule has 0 fully saturated rings. The lowest BCUT2D eigenvalue weighted by Crippen LogP contribution is -2.11. The van der Waals surface area contributed by atoms with Crippen molar-refractivity contribution in [3.05, 3.63) is 62.7 Å². The average molecular weight is 426 g/mol. The summed E-state index contributed by atoms with van der Waals surface area (Å²) in [7, 11) is 0. The van der Waals surface area contributed by atoms with Crippen LogP contribution in [0, 0.1) is 3.57 Å². The number of rotatable bonds is 3. The molecule has 7 heteroatoms. The van der Waals surface area contributed by atoms with E-state index in [0.717, 1.165) is 3.57 Å². The number of halogens is 2. The molecule has 1 heterocycles. The Morgan fingerprint density at radius 3 is 2.55 bits per heavy atom. The van der Waals surface area contributed by atoms with Crippen LogP contribution in [0.25, 0.3) is 11.5 Å². The maximum atomic E-state index is 12.1. The number of nitrogens with zero attached hydrogens (tertiary/aromatic N) is 2. The maximum Gasteiger partial charge on any atom is 0.322 e. The van der Waals surface area contributed by atoms with E-state index in [-0.39, 0.29) is 17.8 Å². The van der Waals surface area contributed by atoms with Crippen LogP contribution in [0.5, 0.6) is 0 Å². The number of anilines is 1. The molecule has 1 amide bonds. The minimum Gasteiger partial charge on any atom is -0.403 e. The Morgan fingerprint density at radius 2 is 1.82 bits per heavy atom. The van der Waals surface area contributed by atoms with Crippen LogP contribution in [-0.4, -0.2) is 16.1 Å². The molecule has 3 rings (SSSR count). The van der Waals surface area contributed by atoms with Gasteiger partial charge in [0.15, 0.2) is 0 Å². The van der Waals surface area contributed by atoms with Gasteiger partial charge in [-0.05, 0) is 59.0 Å². The van der Waals surface area contributed by atoms with Crippen molar-refractivity contribution in [1.82, 2.24) is 10.2 Å². The van der Waals surface area contributed by atoms with Crippen molar-refractivity contribution in [3.63, 3.8) is 0 Å². The van der Waals surface area contributed by atoms with Crippen LogP contribution in [0.2, 0.25) is 5.02 Å². The minimum absolute atomic E-state index is 0.0264. The second-order valence-electron chi connectivity index (χ2n) is 4.35. The van der Waals surface area contributed by atoms with E-state index in [4.69, 9.17) is 16.0 Å². The molecule has 0 aliphatic rings. The van der Waals surface area contributed by atoms with Crippen LogP contribution in [0.3, 0.4) is 0 Å². The Labute approximate surface area is 144 Å². The Balaban J connectivity index is 1.78. The number of aromatic nitrogens is 2. The number of hydrogen-bond acceptors (Lipinski definition) is 4. The van der Waals surface area contributed by atoms with Crippen molar-refractivity contribution in [1.29, 1.82) is 0 Å². The van der Waals surface area contributed by atoms with E-state index < -0.39 is 0 Å². The number of amides is 1. The second kappa shape index (κ2) is 6.45. The molecule has 0 unspecified atom stereocenters. The summed E-state index contributed by atoms with van der Waals surface area (Å²) in [6, 6.07) is 14.3. The average Bonchev–Trinajstić information content (AvgIpc) is 2.96. The third-order valence-corrected chi connectivity index (χ3v) is 3.90. The molecular formula is C15H9ClIN3O2. The van der Waals surface area contributed by atoms with Gasteiger partial charge < -0.3 is 4.42 Å². The zero-order valence-electron chi connectivity index (χ0n) is 11.1. The molecule has 110 valence electrons. The van der Waals surface area contributed by atoms with Crippen LogP contribution >= 0.6 is 34.2 Å². The molecule has 0 aliphatic heterocycles. The highest BCUT2D eigenvalue weighted by Gasteiger charge is 2.14. The van der Waals surface area contributed by atoms with Gasteiger partial charge in [-0.2, -0.15) is 0 Å². The molecule has 3 aromatic rings. The van der Waals surface area contributed by atoms with Gasteiger partial charge in [0.2, 0.25) is 0 Å². The predicted octanol–water partition coefficient (Wildman–Crippen LogP) is 4.25. The van der Waals surface area contributed by atoms with Crippen molar-refractivity contribution < 1.29 is 9.21 Å². The van der Waals surface area contributed by atoms with E-state index in [9.17, 15) is 4.79 Å². The second-order valence-corrected chi connectivity index (χ2v) is 6.01. The Kier molecular flexibility index (Phi) is 4.39. The van der Waals surface area contributed by atoms with Crippen LogP contribution in [-0.2, 0) is 0 Å². The molecule has 0 saturated heterocycles. The highest BCUT2D eigenvalue weighted by Crippen LogP contribution is 2.27. The van der Waals surface area contributed by atoms with Crippen molar-refractivity contribution in [3.8, 4) is 11.5 Å². The van der Waals surface area contributed by atoms with Crippen molar-refractivity contribution >= 4 is 46.1 Å². The predicted molar refractivity (Wildman–Crippen MR) is 91.9 cm³/mol. The van der Waals surface area contributed by atoms with Gasteiger partial charge in [-0.15, -0.1) is 5.10 Å². The number of carbonyl (C=O) groups excluding carboxylic acids is 1. The van der Waals surface area contributed by atoms with Gasteiger partial charge in [0.25, 0.3) is 11.8 Å². The molecule has 1 aromatic heterocycles. The summed E-state index contributed by atoms with van der Waals surface area (Å²) >= 11 is 8.24. The molecule has 0 spiro atoms. The molecule has 2 aromatic carbocycles. The Bertz CT molecular complexity index is 818. The summed E-state index contributed by atoms with van der Waals surface area (Å²) in [6.07, 6.45) is 0. The lowest BCUT2D eigenvalue weighted by atomic mass is 10.2. The van der Waals surface area contributed by atoms with Gasteiger partial charge in [0.05, 0.1) is 10.6 Å². The van der Waals surface area contributed by atoms with Gasteiger partial charge in [-0.25, -0.2) is 0 Å².